The minimum Gasteiger partial charge on any atom is -0.494 e. The molecule has 0 radical (unpaired) electrons. The summed E-state index contributed by atoms with van der Waals surface area (Å²) in [4.78, 5) is 19.4. The molecule has 1 unspecified atom stereocenters. The van der Waals surface area contributed by atoms with E-state index in [1.807, 2.05) is 24.3 Å². The summed E-state index contributed by atoms with van der Waals surface area (Å²) >= 11 is 0. The number of halogens is 2. The normalized spacial score (nSPS) is 17.8. The number of hydrogen-bond acceptors (Lipinski definition) is 6. The predicted molar refractivity (Wildman–Crippen MR) is 147 cm³/mol. The van der Waals surface area contributed by atoms with E-state index in [9.17, 15) is 4.79 Å². The van der Waals surface area contributed by atoms with Crippen LogP contribution < -0.4 is 9.75 Å². The maximum atomic E-state index is 12.6. The molecule has 13 heteroatoms. The zero-order chi connectivity index (χ0) is 21.0. The molecule has 1 atom stereocenters. The van der Waals surface area contributed by atoms with Crippen molar-refractivity contribution in [1.29, 1.82) is 0 Å². The van der Waals surface area contributed by atoms with E-state index >= 15 is 0 Å². The van der Waals surface area contributed by atoms with Crippen molar-refractivity contribution in [2.75, 3.05) is 44.5 Å². The van der Waals surface area contributed by atoms with E-state index in [1.54, 1.807) is 6.20 Å². The summed E-state index contributed by atoms with van der Waals surface area (Å²) in [6, 6.07) is 11.8. The Hall–Kier alpha value is -2.35. The molecule has 210 valence electrons. The van der Waals surface area contributed by atoms with Crippen molar-refractivity contribution in [3.05, 3.63) is 53.7 Å². The van der Waals surface area contributed by atoms with Gasteiger partial charge in [0.05, 0.1) is 25.5 Å². The average molecular weight is 565 g/mol. The fourth-order valence-corrected chi connectivity index (χ4v) is 4.56. The van der Waals surface area contributed by atoms with Crippen molar-refractivity contribution >= 4 is 42.3 Å². The van der Waals surface area contributed by atoms with Gasteiger partial charge in [-0.05, 0) is 55.2 Å². The van der Waals surface area contributed by atoms with Crippen LogP contribution in [0.25, 0.3) is 0 Å². The lowest BCUT2D eigenvalue weighted by atomic mass is 9.79. The first kappa shape index (κ1) is 36.8. The molecule has 37 heavy (non-hydrogen) atoms. The zero-order valence-corrected chi connectivity index (χ0v) is 22.2. The fraction of sp³-hybridized carbons (Fsp3) is 0.458. The van der Waals surface area contributed by atoms with E-state index in [0.717, 1.165) is 69.1 Å². The van der Waals surface area contributed by atoms with E-state index in [1.165, 1.54) is 10.6 Å². The number of carbonyl (C=O) groups is 1. The Morgan fingerprint density at radius 2 is 1.78 bits per heavy atom. The van der Waals surface area contributed by atoms with Crippen LogP contribution in [0.1, 0.15) is 30.4 Å². The number of benzene rings is 1. The maximum Gasteiger partial charge on any atom is 0.249 e. The predicted octanol–water partition coefficient (Wildman–Crippen LogP) is 0.431. The van der Waals surface area contributed by atoms with E-state index in [2.05, 4.69) is 22.0 Å². The second-order valence-corrected chi connectivity index (χ2v) is 8.29. The standard InChI is InChI=1S/C24H28N4O3.2ClH.4H2O/c29-23-17-19-6-5-18-16-20(31-13-3-10-27-11-14-30-15-12-27)7-8-21(18)24(19)26-28(23)22-4-1-2-9-25-22;;;;;;/h1-2,4,7-9,16,19H,3,5-6,10-15,17H2;2*1H;4*1H2. The summed E-state index contributed by atoms with van der Waals surface area (Å²) in [5, 5.41) is 6.19. The monoisotopic (exact) mass is 564 g/mol. The Balaban J connectivity index is 0. The number of anilines is 1. The average Bonchev–Trinajstić information content (AvgIpc) is 2.82. The van der Waals surface area contributed by atoms with Gasteiger partial charge in [-0.25, -0.2) is 4.98 Å². The number of aromatic nitrogens is 1. The van der Waals surface area contributed by atoms with Crippen molar-refractivity contribution in [3.63, 3.8) is 0 Å². The van der Waals surface area contributed by atoms with Crippen molar-refractivity contribution in [1.82, 2.24) is 9.88 Å². The second kappa shape index (κ2) is 17.2. The first-order valence-corrected chi connectivity index (χ1v) is 11.2. The number of fused-ring (bicyclic) bond motifs is 3. The van der Waals surface area contributed by atoms with Gasteiger partial charge in [0.15, 0.2) is 5.82 Å². The van der Waals surface area contributed by atoms with Gasteiger partial charge in [-0.2, -0.15) is 10.1 Å². The summed E-state index contributed by atoms with van der Waals surface area (Å²) < 4.78 is 11.4. The van der Waals surface area contributed by atoms with E-state index in [-0.39, 0.29) is 58.5 Å². The number of ether oxygens (including phenoxy) is 2. The summed E-state index contributed by atoms with van der Waals surface area (Å²) in [5.74, 6) is 1.68. The molecule has 8 N–H and O–H groups in total. The number of morpholine rings is 1. The van der Waals surface area contributed by atoms with Crippen LogP contribution in [0.3, 0.4) is 0 Å². The van der Waals surface area contributed by atoms with Crippen LogP contribution in [0.4, 0.5) is 5.82 Å². The lowest BCUT2D eigenvalue weighted by Crippen LogP contribution is -2.39. The molecule has 1 fully saturated rings. The first-order valence-electron chi connectivity index (χ1n) is 11.2. The molecule has 11 nitrogen and oxygen atoms in total. The highest BCUT2D eigenvalue weighted by Crippen LogP contribution is 2.34. The van der Waals surface area contributed by atoms with Gasteiger partial charge in [0.2, 0.25) is 5.91 Å². The highest BCUT2D eigenvalue weighted by Gasteiger charge is 2.35. The number of hydrazone groups is 1. The Bertz CT molecular complexity index is 979. The van der Waals surface area contributed by atoms with Gasteiger partial charge in [0.25, 0.3) is 0 Å². The molecule has 2 aliphatic heterocycles. The zero-order valence-electron chi connectivity index (χ0n) is 20.5. The quantitative estimate of drug-likeness (QED) is 0.458. The van der Waals surface area contributed by atoms with Gasteiger partial charge in [-0.1, -0.05) is 6.07 Å². The molecule has 3 heterocycles. The third kappa shape index (κ3) is 8.59. The van der Waals surface area contributed by atoms with Gasteiger partial charge in [0, 0.05) is 43.7 Å². The van der Waals surface area contributed by atoms with Crippen LogP contribution in [0.15, 0.2) is 47.7 Å². The minimum absolute atomic E-state index is 0. The summed E-state index contributed by atoms with van der Waals surface area (Å²) in [6.07, 6.45) is 5.06. The van der Waals surface area contributed by atoms with Crippen molar-refractivity contribution in [2.45, 2.75) is 25.7 Å². The molecular formula is C24H38Cl2N4O7. The molecule has 2 aromatic rings. The van der Waals surface area contributed by atoms with Gasteiger partial charge in [-0.15, -0.1) is 24.8 Å². The van der Waals surface area contributed by atoms with E-state index in [0.29, 0.717) is 18.8 Å². The minimum atomic E-state index is 0. The number of pyridine rings is 1. The van der Waals surface area contributed by atoms with Crippen LogP contribution in [-0.2, 0) is 16.0 Å². The molecule has 0 spiro atoms. The van der Waals surface area contributed by atoms with Crippen molar-refractivity contribution in [2.24, 2.45) is 11.0 Å². The van der Waals surface area contributed by atoms with Crippen molar-refractivity contribution in [3.8, 4) is 5.75 Å². The van der Waals surface area contributed by atoms with Gasteiger partial charge in [-0.3, -0.25) is 9.69 Å². The molecule has 1 saturated heterocycles. The van der Waals surface area contributed by atoms with Gasteiger partial charge >= 0.3 is 0 Å². The topological polar surface area (TPSA) is 193 Å². The van der Waals surface area contributed by atoms with Gasteiger partial charge < -0.3 is 31.4 Å². The van der Waals surface area contributed by atoms with E-state index in [4.69, 9.17) is 14.6 Å². The molecule has 1 amide bonds. The van der Waals surface area contributed by atoms with E-state index < -0.39 is 0 Å². The van der Waals surface area contributed by atoms with Crippen molar-refractivity contribution < 1.29 is 36.2 Å². The summed E-state index contributed by atoms with van der Waals surface area (Å²) in [6.45, 7) is 5.45. The Morgan fingerprint density at radius 3 is 2.49 bits per heavy atom. The lowest BCUT2D eigenvalue weighted by Gasteiger charge is -2.33. The van der Waals surface area contributed by atoms with Crippen LogP contribution in [0.2, 0.25) is 0 Å². The number of rotatable bonds is 6. The van der Waals surface area contributed by atoms with Gasteiger partial charge in [0.1, 0.15) is 5.75 Å². The second-order valence-electron chi connectivity index (χ2n) is 8.29. The molecule has 1 aromatic heterocycles. The molecule has 3 aliphatic rings. The Kier molecular flexibility index (Phi) is 17.1. The molecule has 1 aromatic carbocycles. The highest BCUT2D eigenvalue weighted by atomic mass is 35.5. The van der Waals surface area contributed by atoms with Crippen LogP contribution in [0.5, 0.6) is 5.75 Å². The van der Waals surface area contributed by atoms with Crippen LogP contribution in [0, 0.1) is 5.92 Å². The molecular weight excluding hydrogens is 527 g/mol. The number of nitrogens with zero attached hydrogens (tertiary/aromatic N) is 4. The number of amides is 1. The number of aryl methyl sites for hydroxylation is 1. The lowest BCUT2D eigenvalue weighted by molar-refractivity contribution is -0.119. The molecule has 0 saturated carbocycles. The van der Waals surface area contributed by atoms with Crippen LogP contribution in [-0.4, -0.2) is 82.9 Å². The Morgan fingerprint density at radius 1 is 1.03 bits per heavy atom. The van der Waals surface area contributed by atoms with Crippen LogP contribution >= 0.6 is 24.8 Å². The largest absolute Gasteiger partial charge is 0.494 e. The fourth-order valence-electron chi connectivity index (χ4n) is 4.56. The third-order valence-electron chi connectivity index (χ3n) is 6.22. The molecule has 1 aliphatic carbocycles. The smallest absolute Gasteiger partial charge is 0.249 e. The number of carbonyl (C=O) groups excluding carboxylic acids is 1. The highest BCUT2D eigenvalue weighted by molar-refractivity contribution is 6.11. The summed E-state index contributed by atoms with van der Waals surface area (Å²) in [7, 11) is 0. The number of hydrogen-bond donors (Lipinski definition) is 0. The SMILES string of the molecule is Cl.Cl.O.O.O.O.O=C1CC2CCc3cc(OCCCN4CCOCC4)ccc3C2=NN1c1ccccn1. The first-order chi connectivity index (χ1) is 15.3. The maximum absolute atomic E-state index is 12.6. The Labute approximate surface area is 228 Å². The molecule has 5 rings (SSSR count). The molecule has 0 bridgehead atoms. The third-order valence-corrected chi connectivity index (χ3v) is 6.22. The summed E-state index contributed by atoms with van der Waals surface area (Å²) in [5.41, 5.74) is 3.37.